The van der Waals surface area contributed by atoms with Gasteiger partial charge >= 0.3 is 5.97 Å². The van der Waals surface area contributed by atoms with Gasteiger partial charge in [-0.25, -0.2) is 4.79 Å². The topological polar surface area (TPSA) is 38.3 Å². The van der Waals surface area contributed by atoms with Gasteiger partial charge in [-0.1, -0.05) is 28.9 Å². The molecule has 0 unspecified atom stereocenters. The lowest BCUT2D eigenvalue weighted by Crippen LogP contribution is -2.06. The summed E-state index contributed by atoms with van der Waals surface area (Å²) in [5, 5.41) is 3.30. The van der Waals surface area contributed by atoms with E-state index in [0.717, 1.165) is 16.6 Å². The maximum absolute atomic E-state index is 11.2. The third-order valence-electron chi connectivity index (χ3n) is 2.66. The Morgan fingerprint density at radius 3 is 2.83 bits per heavy atom. The molecule has 1 aromatic carbocycles. The van der Waals surface area contributed by atoms with Gasteiger partial charge in [0.1, 0.15) is 0 Å². The predicted molar refractivity (Wildman–Crippen MR) is 77.8 cm³/mol. The van der Waals surface area contributed by atoms with Gasteiger partial charge in [0.25, 0.3) is 0 Å². The van der Waals surface area contributed by atoms with Crippen molar-refractivity contribution in [3.8, 4) is 0 Å². The second-order valence-corrected chi connectivity index (χ2v) is 4.83. The minimum Gasteiger partial charge on any atom is -0.466 e. The molecule has 0 bridgehead atoms. The first-order valence-corrected chi connectivity index (χ1v) is 6.65. The lowest BCUT2D eigenvalue weighted by molar-refractivity contribution is -0.136. The van der Waals surface area contributed by atoms with E-state index < -0.39 is 0 Å². The highest BCUT2D eigenvalue weighted by Crippen LogP contribution is 2.21. The largest absolute Gasteiger partial charge is 0.466 e. The Labute approximate surface area is 116 Å². The fourth-order valence-electron chi connectivity index (χ4n) is 1.59. The molecule has 0 heterocycles. The van der Waals surface area contributed by atoms with E-state index in [4.69, 9.17) is 0 Å². The number of rotatable bonds is 5. The summed E-state index contributed by atoms with van der Waals surface area (Å²) in [6.45, 7) is 4.47. The maximum atomic E-state index is 11.2. The second kappa shape index (κ2) is 7.21. The smallest absolute Gasteiger partial charge is 0.333 e. The van der Waals surface area contributed by atoms with E-state index in [1.807, 2.05) is 18.2 Å². The van der Waals surface area contributed by atoms with Gasteiger partial charge in [0, 0.05) is 22.3 Å². The second-order valence-electron chi connectivity index (χ2n) is 3.91. The normalized spacial score (nSPS) is 11.2. The lowest BCUT2D eigenvalue weighted by Gasteiger charge is -2.10. The van der Waals surface area contributed by atoms with Crippen LogP contribution in [0.3, 0.4) is 0 Å². The Kier molecular flexibility index (Phi) is 5.92. The molecule has 1 rings (SSSR count). The van der Waals surface area contributed by atoms with Gasteiger partial charge < -0.3 is 10.1 Å². The van der Waals surface area contributed by atoms with E-state index in [-0.39, 0.29) is 5.97 Å². The number of benzene rings is 1. The zero-order valence-electron chi connectivity index (χ0n) is 10.9. The van der Waals surface area contributed by atoms with Crippen molar-refractivity contribution in [3.63, 3.8) is 0 Å². The lowest BCUT2D eigenvalue weighted by atomic mass is 10.1. The monoisotopic (exact) mass is 311 g/mol. The highest BCUT2D eigenvalue weighted by atomic mass is 79.9. The van der Waals surface area contributed by atoms with Gasteiger partial charge in [0.2, 0.25) is 0 Å². The molecule has 18 heavy (non-hydrogen) atoms. The quantitative estimate of drug-likeness (QED) is 0.667. The van der Waals surface area contributed by atoms with E-state index in [1.54, 1.807) is 6.92 Å². The molecule has 0 radical (unpaired) electrons. The highest BCUT2D eigenvalue weighted by molar-refractivity contribution is 9.10. The number of carbonyl (C=O) groups is 1. The van der Waals surface area contributed by atoms with Crippen LogP contribution >= 0.6 is 15.9 Å². The zero-order valence-corrected chi connectivity index (χ0v) is 12.5. The number of esters is 1. The number of halogens is 1. The molecular formula is C14H18BrNO2. The SMILES string of the molecule is CCc1cc(Br)ccc1NC/C=C(/C)C(=O)OC. The molecule has 0 fully saturated rings. The van der Waals surface area contributed by atoms with Crippen LogP contribution in [0, 0.1) is 0 Å². The number of methoxy groups -OCH3 is 1. The number of anilines is 1. The van der Waals surface area contributed by atoms with Gasteiger partial charge in [-0.2, -0.15) is 0 Å². The minimum atomic E-state index is -0.289. The molecule has 0 atom stereocenters. The summed E-state index contributed by atoms with van der Waals surface area (Å²) >= 11 is 3.46. The summed E-state index contributed by atoms with van der Waals surface area (Å²) in [5.74, 6) is -0.289. The molecule has 1 N–H and O–H groups in total. The van der Waals surface area contributed by atoms with Crippen molar-refractivity contribution < 1.29 is 9.53 Å². The average Bonchev–Trinajstić information content (AvgIpc) is 2.39. The van der Waals surface area contributed by atoms with E-state index in [1.165, 1.54) is 12.7 Å². The van der Waals surface area contributed by atoms with E-state index >= 15 is 0 Å². The molecule has 0 aliphatic carbocycles. The molecule has 0 aromatic heterocycles. The third kappa shape index (κ3) is 4.18. The van der Waals surface area contributed by atoms with Crippen LogP contribution in [-0.2, 0) is 16.0 Å². The molecule has 0 spiro atoms. The van der Waals surface area contributed by atoms with Gasteiger partial charge in [0.15, 0.2) is 0 Å². The Morgan fingerprint density at radius 2 is 2.22 bits per heavy atom. The maximum Gasteiger partial charge on any atom is 0.333 e. The summed E-state index contributed by atoms with van der Waals surface area (Å²) in [6, 6.07) is 6.13. The van der Waals surface area contributed by atoms with E-state index in [0.29, 0.717) is 12.1 Å². The van der Waals surface area contributed by atoms with Crippen molar-refractivity contribution in [1.29, 1.82) is 0 Å². The fourth-order valence-corrected chi connectivity index (χ4v) is 1.99. The Hall–Kier alpha value is -1.29. The fraction of sp³-hybridized carbons (Fsp3) is 0.357. The predicted octanol–water partition coefficient (Wildman–Crippen LogP) is 3.54. The molecule has 0 aliphatic heterocycles. The molecule has 0 saturated heterocycles. The van der Waals surface area contributed by atoms with Crippen LogP contribution in [0.4, 0.5) is 5.69 Å². The summed E-state index contributed by atoms with van der Waals surface area (Å²) in [5.41, 5.74) is 2.95. The Balaban J connectivity index is 2.67. The van der Waals surface area contributed by atoms with Gasteiger partial charge in [-0.05, 0) is 37.1 Å². The molecule has 0 saturated carbocycles. The van der Waals surface area contributed by atoms with Crippen molar-refractivity contribution >= 4 is 27.6 Å². The minimum absolute atomic E-state index is 0.289. The number of carbonyl (C=O) groups excluding carboxylic acids is 1. The standard InChI is InChI=1S/C14H18BrNO2/c1-4-11-9-12(15)5-6-13(11)16-8-7-10(2)14(17)18-3/h5-7,9,16H,4,8H2,1-3H3/b10-7-. The summed E-state index contributed by atoms with van der Waals surface area (Å²) in [7, 11) is 1.39. The number of nitrogens with one attached hydrogen (secondary N) is 1. The zero-order chi connectivity index (χ0) is 13.5. The van der Waals surface area contributed by atoms with Gasteiger partial charge in [-0.15, -0.1) is 0 Å². The molecular weight excluding hydrogens is 294 g/mol. The van der Waals surface area contributed by atoms with Crippen LogP contribution < -0.4 is 5.32 Å². The van der Waals surface area contributed by atoms with Crippen LogP contribution in [0.25, 0.3) is 0 Å². The van der Waals surface area contributed by atoms with Crippen molar-refractivity contribution in [3.05, 3.63) is 39.9 Å². The number of aryl methyl sites for hydroxylation is 1. The summed E-state index contributed by atoms with van der Waals surface area (Å²) in [6.07, 6.45) is 2.79. The van der Waals surface area contributed by atoms with Crippen molar-refractivity contribution in [2.24, 2.45) is 0 Å². The molecule has 0 aliphatic rings. The summed E-state index contributed by atoms with van der Waals surface area (Å²) < 4.78 is 5.71. The van der Waals surface area contributed by atoms with Crippen LogP contribution in [0.5, 0.6) is 0 Å². The van der Waals surface area contributed by atoms with Gasteiger partial charge in [-0.3, -0.25) is 0 Å². The first-order chi connectivity index (χ1) is 8.58. The Morgan fingerprint density at radius 1 is 1.50 bits per heavy atom. The van der Waals surface area contributed by atoms with E-state index in [2.05, 4.69) is 39.0 Å². The molecule has 98 valence electrons. The van der Waals surface area contributed by atoms with Crippen LogP contribution in [0.2, 0.25) is 0 Å². The van der Waals surface area contributed by atoms with Crippen LogP contribution in [0.15, 0.2) is 34.3 Å². The number of hydrogen-bond donors (Lipinski definition) is 1. The van der Waals surface area contributed by atoms with Crippen LogP contribution in [-0.4, -0.2) is 19.6 Å². The van der Waals surface area contributed by atoms with Gasteiger partial charge in [0.05, 0.1) is 7.11 Å². The van der Waals surface area contributed by atoms with Crippen molar-refractivity contribution in [1.82, 2.24) is 0 Å². The average molecular weight is 312 g/mol. The van der Waals surface area contributed by atoms with Crippen molar-refractivity contribution in [2.75, 3.05) is 19.0 Å². The molecule has 4 heteroatoms. The molecule has 1 aromatic rings. The van der Waals surface area contributed by atoms with Crippen LogP contribution in [0.1, 0.15) is 19.4 Å². The first-order valence-electron chi connectivity index (χ1n) is 5.85. The summed E-state index contributed by atoms with van der Waals surface area (Å²) in [4.78, 5) is 11.2. The first kappa shape index (κ1) is 14.8. The number of ether oxygens (including phenoxy) is 1. The number of hydrogen-bond acceptors (Lipinski definition) is 3. The van der Waals surface area contributed by atoms with E-state index in [9.17, 15) is 4.79 Å². The van der Waals surface area contributed by atoms with Crippen molar-refractivity contribution in [2.45, 2.75) is 20.3 Å². The Bertz CT molecular complexity index is 455. The third-order valence-corrected chi connectivity index (χ3v) is 3.15. The highest BCUT2D eigenvalue weighted by Gasteiger charge is 2.03. The molecule has 0 amide bonds. The molecule has 3 nitrogen and oxygen atoms in total.